The second kappa shape index (κ2) is 4.81. The van der Waals surface area contributed by atoms with E-state index in [1.54, 1.807) is 0 Å². The quantitative estimate of drug-likeness (QED) is 0.613. The molecule has 2 heterocycles. The summed E-state index contributed by atoms with van der Waals surface area (Å²) in [5, 5.41) is 18.7. The highest BCUT2D eigenvalue weighted by molar-refractivity contribution is 9.10. The lowest BCUT2D eigenvalue weighted by molar-refractivity contribution is -0.0448. The number of aromatic amines is 1. The van der Waals surface area contributed by atoms with Crippen molar-refractivity contribution in [1.82, 2.24) is 9.55 Å². The Bertz CT molecular complexity index is 593. The molecule has 0 radical (unpaired) electrons. The minimum absolute atomic E-state index is 0.153. The van der Waals surface area contributed by atoms with Gasteiger partial charge in [-0.25, -0.2) is 4.79 Å². The summed E-state index contributed by atoms with van der Waals surface area (Å²) < 4.78 is 6.56. The SMILES string of the molecule is C=C1[C@H](n2cc(Br)c(=O)[nH]c2=O)O[C@H](CO)[C@H]1O. The van der Waals surface area contributed by atoms with E-state index in [9.17, 15) is 14.7 Å². The highest BCUT2D eigenvalue weighted by atomic mass is 79.9. The predicted octanol–water partition coefficient (Wildman–Crippen LogP) is -0.894. The smallest absolute Gasteiger partial charge is 0.330 e. The predicted molar refractivity (Wildman–Crippen MR) is 65.2 cm³/mol. The summed E-state index contributed by atoms with van der Waals surface area (Å²) >= 11 is 2.99. The van der Waals surface area contributed by atoms with Crippen molar-refractivity contribution in [2.45, 2.75) is 18.4 Å². The highest BCUT2D eigenvalue weighted by Crippen LogP contribution is 2.31. The second-order valence-electron chi connectivity index (χ2n) is 3.87. The monoisotopic (exact) mass is 318 g/mol. The summed E-state index contributed by atoms with van der Waals surface area (Å²) in [6.07, 6.45) is -1.56. The number of hydrogen-bond donors (Lipinski definition) is 3. The molecular formula is C10H11BrN2O5. The van der Waals surface area contributed by atoms with Gasteiger partial charge in [0.1, 0.15) is 12.2 Å². The van der Waals surface area contributed by atoms with E-state index in [1.807, 2.05) is 0 Å². The molecule has 0 unspecified atom stereocenters. The van der Waals surface area contributed by atoms with Crippen molar-refractivity contribution in [2.75, 3.05) is 6.61 Å². The number of aliphatic hydroxyl groups excluding tert-OH is 2. The first-order chi connectivity index (χ1) is 8.45. The fourth-order valence-electron chi connectivity index (χ4n) is 1.73. The summed E-state index contributed by atoms with van der Waals surface area (Å²) in [4.78, 5) is 24.9. The lowest BCUT2D eigenvalue weighted by atomic mass is 10.1. The first-order valence-corrected chi connectivity index (χ1v) is 5.89. The zero-order valence-corrected chi connectivity index (χ0v) is 10.8. The van der Waals surface area contributed by atoms with Crippen LogP contribution in [0.15, 0.2) is 32.4 Å². The van der Waals surface area contributed by atoms with E-state index in [0.717, 1.165) is 4.57 Å². The molecule has 3 N–H and O–H groups in total. The largest absolute Gasteiger partial charge is 0.394 e. The van der Waals surface area contributed by atoms with Gasteiger partial charge in [0.2, 0.25) is 0 Å². The number of hydrogen-bond acceptors (Lipinski definition) is 5. The maximum Gasteiger partial charge on any atom is 0.330 e. The molecule has 1 aliphatic rings. The number of aliphatic hydroxyl groups is 2. The van der Waals surface area contributed by atoms with Gasteiger partial charge in [-0.2, -0.15) is 0 Å². The standard InChI is InChI=1S/C10H11BrN2O5/c1-4-7(15)6(3-14)18-9(4)13-2-5(11)8(16)12-10(13)17/h2,6-7,9,14-15H,1,3H2,(H,12,16,17)/t6-,7+,9-/m1/s1. The molecule has 3 atom stereocenters. The van der Waals surface area contributed by atoms with Crippen LogP contribution < -0.4 is 11.2 Å². The van der Waals surface area contributed by atoms with E-state index in [-0.39, 0.29) is 10.0 Å². The number of rotatable bonds is 2. The summed E-state index contributed by atoms with van der Waals surface area (Å²) in [5.74, 6) is 0. The molecule has 2 rings (SSSR count). The van der Waals surface area contributed by atoms with Gasteiger partial charge in [0.05, 0.1) is 11.1 Å². The molecular weight excluding hydrogens is 308 g/mol. The Morgan fingerprint density at radius 3 is 2.78 bits per heavy atom. The van der Waals surface area contributed by atoms with Crippen molar-refractivity contribution in [1.29, 1.82) is 0 Å². The van der Waals surface area contributed by atoms with E-state index in [0.29, 0.717) is 0 Å². The molecule has 98 valence electrons. The molecule has 18 heavy (non-hydrogen) atoms. The number of nitrogens with one attached hydrogen (secondary N) is 1. The molecule has 0 amide bonds. The van der Waals surface area contributed by atoms with Crippen LogP contribution >= 0.6 is 15.9 Å². The van der Waals surface area contributed by atoms with Crippen LogP contribution in [0, 0.1) is 0 Å². The molecule has 1 fully saturated rings. The Kier molecular flexibility index (Phi) is 3.53. The molecule has 8 heteroatoms. The Morgan fingerprint density at radius 2 is 2.22 bits per heavy atom. The van der Waals surface area contributed by atoms with Crippen LogP contribution in [-0.2, 0) is 4.74 Å². The van der Waals surface area contributed by atoms with Crippen molar-refractivity contribution in [3.63, 3.8) is 0 Å². The Balaban J connectivity index is 2.45. The second-order valence-corrected chi connectivity index (χ2v) is 4.73. The maximum absolute atomic E-state index is 11.6. The van der Waals surface area contributed by atoms with Gasteiger partial charge in [0.25, 0.3) is 5.56 Å². The summed E-state index contributed by atoms with van der Waals surface area (Å²) in [5.41, 5.74) is -0.991. The lowest BCUT2D eigenvalue weighted by Gasteiger charge is -2.14. The summed E-state index contributed by atoms with van der Waals surface area (Å²) in [6, 6.07) is 0. The number of H-pyrrole nitrogens is 1. The van der Waals surface area contributed by atoms with Crippen molar-refractivity contribution < 1.29 is 14.9 Å². The first-order valence-electron chi connectivity index (χ1n) is 5.09. The van der Waals surface area contributed by atoms with Crippen LogP contribution in [0.4, 0.5) is 0 Å². The van der Waals surface area contributed by atoms with Crippen LogP contribution in [0.25, 0.3) is 0 Å². The molecule has 1 aromatic rings. The number of aromatic nitrogens is 2. The zero-order chi connectivity index (χ0) is 13.4. The average molecular weight is 319 g/mol. The van der Waals surface area contributed by atoms with Crippen LogP contribution in [-0.4, -0.2) is 38.6 Å². The van der Waals surface area contributed by atoms with Crippen molar-refractivity contribution in [2.24, 2.45) is 0 Å². The molecule has 0 bridgehead atoms. The van der Waals surface area contributed by atoms with E-state index in [1.165, 1.54) is 6.20 Å². The zero-order valence-electron chi connectivity index (χ0n) is 9.17. The fraction of sp³-hybridized carbons (Fsp3) is 0.400. The average Bonchev–Trinajstić information content (AvgIpc) is 2.61. The van der Waals surface area contributed by atoms with Gasteiger partial charge < -0.3 is 14.9 Å². The molecule has 0 saturated carbocycles. The lowest BCUT2D eigenvalue weighted by Crippen LogP contribution is -2.33. The number of halogens is 1. The van der Waals surface area contributed by atoms with Gasteiger partial charge >= 0.3 is 5.69 Å². The molecule has 1 aliphatic heterocycles. The molecule has 7 nitrogen and oxygen atoms in total. The van der Waals surface area contributed by atoms with E-state index < -0.39 is 36.3 Å². The van der Waals surface area contributed by atoms with E-state index >= 15 is 0 Å². The Labute approximate surface area is 109 Å². The van der Waals surface area contributed by atoms with Crippen LogP contribution in [0.2, 0.25) is 0 Å². The minimum atomic E-state index is -1.06. The van der Waals surface area contributed by atoms with Crippen LogP contribution in [0.1, 0.15) is 6.23 Å². The van der Waals surface area contributed by atoms with E-state index in [2.05, 4.69) is 27.5 Å². The highest BCUT2D eigenvalue weighted by Gasteiger charge is 2.38. The third-order valence-electron chi connectivity index (χ3n) is 2.71. The van der Waals surface area contributed by atoms with Crippen LogP contribution in [0.5, 0.6) is 0 Å². The third-order valence-corrected chi connectivity index (χ3v) is 3.27. The van der Waals surface area contributed by atoms with Gasteiger partial charge in [0, 0.05) is 11.8 Å². The normalized spacial score (nSPS) is 27.7. The van der Waals surface area contributed by atoms with Gasteiger partial charge in [0.15, 0.2) is 6.23 Å². The topological polar surface area (TPSA) is 105 Å². The molecule has 1 aromatic heterocycles. The Morgan fingerprint density at radius 1 is 1.56 bits per heavy atom. The minimum Gasteiger partial charge on any atom is -0.394 e. The third kappa shape index (κ3) is 2.07. The van der Waals surface area contributed by atoms with Gasteiger partial charge in [-0.3, -0.25) is 14.3 Å². The molecule has 1 saturated heterocycles. The fourth-order valence-corrected chi connectivity index (χ4v) is 2.05. The number of ether oxygens (including phenoxy) is 1. The van der Waals surface area contributed by atoms with Crippen molar-refractivity contribution >= 4 is 15.9 Å². The van der Waals surface area contributed by atoms with Gasteiger partial charge in [-0.05, 0) is 15.9 Å². The number of nitrogens with zero attached hydrogens (tertiary/aromatic N) is 1. The summed E-state index contributed by atoms with van der Waals surface area (Å²) in [6.45, 7) is 3.24. The maximum atomic E-state index is 11.6. The summed E-state index contributed by atoms with van der Waals surface area (Å²) in [7, 11) is 0. The Hall–Kier alpha value is -1.22. The molecule has 0 aliphatic carbocycles. The van der Waals surface area contributed by atoms with Gasteiger partial charge in [-0.1, -0.05) is 6.58 Å². The van der Waals surface area contributed by atoms with Gasteiger partial charge in [-0.15, -0.1) is 0 Å². The first kappa shape index (κ1) is 13.2. The van der Waals surface area contributed by atoms with Crippen molar-refractivity contribution in [3.8, 4) is 0 Å². The molecule has 0 aromatic carbocycles. The van der Waals surface area contributed by atoms with Crippen LogP contribution in [0.3, 0.4) is 0 Å². The van der Waals surface area contributed by atoms with E-state index in [4.69, 9.17) is 9.84 Å². The van der Waals surface area contributed by atoms with Crippen molar-refractivity contribution in [3.05, 3.63) is 43.7 Å². The molecule has 0 spiro atoms.